The molecule has 1 heterocycles. The minimum Gasteiger partial charge on any atom is -0.417 e. The number of nitrogens with zero attached hydrogens (tertiary/aromatic N) is 2. The molecular weight excluding hydrogens is 260 g/mol. The summed E-state index contributed by atoms with van der Waals surface area (Å²) in [5, 5.41) is 8.17. The van der Waals surface area contributed by atoms with E-state index >= 15 is 0 Å². The van der Waals surface area contributed by atoms with Crippen LogP contribution in [-0.4, -0.2) is 10.2 Å². The van der Waals surface area contributed by atoms with Gasteiger partial charge in [0, 0.05) is 11.6 Å². The first-order valence-electron chi connectivity index (χ1n) is 6.86. The van der Waals surface area contributed by atoms with Gasteiger partial charge in [-0.25, -0.2) is 0 Å². The molecular formula is C18H16N2O. The molecule has 2 aromatic carbocycles. The summed E-state index contributed by atoms with van der Waals surface area (Å²) < 4.78 is 5.69. The van der Waals surface area contributed by atoms with Crippen LogP contribution in [0.1, 0.15) is 22.6 Å². The first-order chi connectivity index (χ1) is 10.2. The van der Waals surface area contributed by atoms with Gasteiger partial charge in [-0.3, -0.25) is 0 Å². The summed E-state index contributed by atoms with van der Waals surface area (Å²) in [4.78, 5) is 0. The maximum Gasteiger partial charge on any atom is 0.248 e. The van der Waals surface area contributed by atoms with E-state index < -0.39 is 0 Å². The Bertz CT molecular complexity index is 770. The summed E-state index contributed by atoms with van der Waals surface area (Å²) in [6.07, 6.45) is 3.80. The number of aromatic nitrogens is 2. The highest BCUT2D eigenvalue weighted by Gasteiger charge is 2.08. The molecule has 104 valence electrons. The van der Waals surface area contributed by atoms with Crippen LogP contribution in [0.3, 0.4) is 0 Å². The summed E-state index contributed by atoms with van der Waals surface area (Å²) in [7, 11) is 0. The lowest BCUT2D eigenvalue weighted by Gasteiger charge is -1.98. The quantitative estimate of drug-likeness (QED) is 0.705. The molecule has 0 amide bonds. The summed E-state index contributed by atoms with van der Waals surface area (Å²) in [5.41, 5.74) is 4.44. The molecule has 0 saturated carbocycles. The first kappa shape index (κ1) is 13.3. The number of benzene rings is 2. The Labute approximate surface area is 124 Å². The molecule has 0 aliphatic rings. The molecule has 0 fully saturated rings. The van der Waals surface area contributed by atoms with Gasteiger partial charge in [-0.2, -0.15) is 0 Å². The smallest absolute Gasteiger partial charge is 0.248 e. The normalized spacial score (nSPS) is 11.1. The molecule has 3 aromatic rings. The zero-order valence-corrected chi connectivity index (χ0v) is 12.1. The van der Waals surface area contributed by atoms with Crippen molar-refractivity contribution in [3.05, 3.63) is 71.1 Å². The van der Waals surface area contributed by atoms with Crippen LogP contribution in [0.4, 0.5) is 0 Å². The van der Waals surface area contributed by atoms with Crippen molar-refractivity contribution in [2.24, 2.45) is 0 Å². The fourth-order valence-corrected chi connectivity index (χ4v) is 2.07. The maximum atomic E-state index is 5.69. The predicted molar refractivity (Wildman–Crippen MR) is 84.6 cm³/mol. The maximum absolute atomic E-state index is 5.69. The zero-order valence-electron chi connectivity index (χ0n) is 12.1. The molecule has 0 aliphatic carbocycles. The van der Waals surface area contributed by atoms with Crippen molar-refractivity contribution >= 4 is 12.2 Å². The molecule has 0 bridgehead atoms. The average Bonchev–Trinajstić information content (AvgIpc) is 2.96. The molecule has 0 atom stereocenters. The number of aryl methyl sites for hydroxylation is 2. The summed E-state index contributed by atoms with van der Waals surface area (Å²) in [6.45, 7) is 4.10. The molecule has 0 aliphatic heterocycles. The van der Waals surface area contributed by atoms with Gasteiger partial charge in [-0.1, -0.05) is 48.0 Å². The van der Waals surface area contributed by atoms with Crippen LogP contribution < -0.4 is 0 Å². The Morgan fingerprint density at radius 2 is 1.62 bits per heavy atom. The van der Waals surface area contributed by atoms with Crippen LogP contribution in [0.2, 0.25) is 0 Å². The third-order valence-corrected chi connectivity index (χ3v) is 3.31. The largest absolute Gasteiger partial charge is 0.417 e. The Hall–Kier alpha value is -2.68. The van der Waals surface area contributed by atoms with Crippen molar-refractivity contribution in [3.8, 4) is 11.5 Å². The summed E-state index contributed by atoms with van der Waals surface area (Å²) in [5.74, 6) is 1.06. The fourth-order valence-electron chi connectivity index (χ4n) is 2.07. The highest BCUT2D eigenvalue weighted by Crippen LogP contribution is 2.22. The van der Waals surface area contributed by atoms with Crippen LogP contribution in [0.5, 0.6) is 0 Å². The van der Waals surface area contributed by atoms with Gasteiger partial charge in [-0.15, -0.1) is 10.2 Å². The van der Waals surface area contributed by atoms with Crippen molar-refractivity contribution < 1.29 is 4.42 Å². The predicted octanol–water partition coefficient (Wildman–Crippen LogP) is 4.52. The van der Waals surface area contributed by atoms with Gasteiger partial charge in [0.05, 0.1) is 0 Å². The van der Waals surface area contributed by atoms with Gasteiger partial charge in [0.15, 0.2) is 0 Å². The van der Waals surface area contributed by atoms with Crippen molar-refractivity contribution in [2.75, 3.05) is 0 Å². The molecule has 0 unspecified atom stereocenters. The lowest BCUT2D eigenvalue weighted by atomic mass is 10.1. The topological polar surface area (TPSA) is 38.9 Å². The van der Waals surface area contributed by atoms with Gasteiger partial charge in [0.1, 0.15) is 0 Å². The van der Waals surface area contributed by atoms with Gasteiger partial charge in [0.2, 0.25) is 11.8 Å². The molecule has 1 aromatic heterocycles. The van der Waals surface area contributed by atoms with Crippen LogP contribution in [-0.2, 0) is 0 Å². The summed E-state index contributed by atoms with van der Waals surface area (Å²) >= 11 is 0. The second kappa shape index (κ2) is 5.75. The summed E-state index contributed by atoms with van der Waals surface area (Å²) in [6, 6.07) is 16.2. The van der Waals surface area contributed by atoms with Gasteiger partial charge < -0.3 is 4.42 Å². The molecule has 0 saturated heterocycles. The lowest BCUT2D eigenvalue weighted by molar-refractivity contribution is 0.557. The Morgan fingerprint density at radius 3 is 2.38 bits per heavy atom. The van der Waals surface area contributed by atoms with Crippen molar-refractivity contribution in [1.29, 1.82) is 0 Å². The molecule has 3 rings (SSSR count). The van der Waals surface area contributed by atoms with Crippen LogP contribution in [0, 0.1) is 13.8 Å². The molecule has 0 radical (unpaired) electrons. The third-order valence-electron chi connectivity index (χ3n) is 3.31. The number of hydrogen-bond acceptors (Lipinski definition) is 3. The van der Waals surface area contributed by atoms with E-state index in [0.717, 1.165) is 16.7 Å². The first-order valence-corrected chi connectivity index (χ1v) is 6.86. The van der Waals surface area contributed by atoms with Crippen LogP contribution >= 0.6 is 0 Å². The van der Waals surface area contributed by atoms with E-state index in [-0.39, 0.29) is 0 Å². The SMILES string of the molecule is Cc1ccc(C=Cc2nnc(-c3ccccc3C)o2)cc1. The van der Waals surface area contributed by atoms with Crippen molar-refractivity contribution in [3.63, 3.8) is 0 Å². The minimum atomic E-state index is 0.508. The van der Waals surface area contributed by atoms with Gasteiger partial charge in [0.25, 0.3) is 0 Å². The number of hydrogen-bond donors (Lipinski definition) is 0. The molecule has 0 spiro atoms. The highest BCUT2D eigenvalue weighted by atomic mass is 16.4. The Kier molecular flexibility index (Phi) is 3.65. The minimum absolute atomic E-state index is 0.508. The average molecular weight is 276 g/mol. The third kappa shape index (κ3) is 3.08. The molecule has 0 N–H and O–H groups in total. The second-order valence-electron chi connectivity index (χ2n) is 5.00. The number of rotatable bonds is 3. The zero-order chi connectivity index (χ0) is 14.7. The standard InChI is InChI=1S/C18H16N2O/c1-13-7-9-15(10-8-13)11-12-17-19-20-18(21-17)16-6-4-3-5-14(16)2/h3-12H,1-2H3. The van der Waals surface area contributed by atoms with Crippen LogP contribution in [0.15, 0.2) is 52.9 Å². The Morgan fingerprint density at radius 1 is 0.857 bits per heavy atom. The lowest BCUT2D eigenvalue weighted by Crippen LogP contribution is -1.81. The van der Waals surface area contributed by atoms with Gasteiger partial charge in [-0.05, 0) is 37.1 Å². The monoisotopic (exact) mass is 276 g/mol. The van der Waals surface area contributed by atoms with E-state index in [0.29, 0.717) is 11.8 Å². The van der Waals surface area contributed by atoms with E-state index in [4.69, 9.17) is 4.42 Å². The second-order valence-corrected chi connectivity index (χ2v) is 5.00. The van der Waals surface area contributed by atoms with E-state index in [1.165, 1.54) is 5.56 Å². The van der Waals surface area contributed by atoms with Crippen molar-refractivity contribution in [2.45, 2.75) is 13.8 Å². The van der Waals surface area contributed by atoms with E-state index in [9.17, 15) is 0 Å². The molecule has 3 nitrogen and oxygen atoms in total. The molecule has 3 heteroatoms. The fraction of sp³-hybridized carbons (Fsp3) is 0.111. The molecule has 21 heavy (non-hydrogen) atoms. The highest BCUT2D eigenvalue weighted by molar-refractivity contribution is 5.67. The van der Waals surface area contributed by atoms with E-state index in [1.54, 1.807) is 0 Å². The van der Waals surface area contributed by atoms with E-state index in [2.05, 4.69) is 41.4 Å². The van der Waals surface area contributed by atoms with E-state index in [1.807, 2.05) is 43.3 Å². The Balaban J connectivity index is 1.82. The van der Waals surface area contributed by atoms with Crippen molar-refractivity contribution in [1.82, 2.24) is 10.2 Å². The van der Waals surface area contributed by atoms with Crippen LogP contribution in [0.25, 0.3) is 23.6 Å². The van der Waals surface area contributed by atoms with Gasteiger partial charge >= 0.3 is 0 Å².